The van der Waals surface area contributed by atoms with Crippen LogP contribution in [0, 0.1) is 5.41 Å². The number of carbonyl (C=O) groups excluding carboxylic acids is 1. The van der Waals surface area contributed by atoms with Crippen molar-refractivity contribution in [2.75, 3.05) is 6.61 Å². The van der Waals surface area contributed by atoms with Gasteiger partial charge in [0.1, 0.15) is 0 Å². The van der Waals surface area contributed by atoms with Crippen LogP contribution in [0.5, 0.6) is 0 Å². The van der Waals surface area contributed by atoms with Gasteiger partial charge in [0, 0.05) is 0 Å². The molecule has 0 unspecified atom stereocenters. The van der Waals surface area contributed by atoms with Gasteiger partial charge in [-0.3, -0.25) is 0 Å². The maximum atomic E-state index is 9.68. The lowest BCUT2D eigenvalue weighted by Gasteiger charge is -2.17. The topological polar surface area (TPSA) is 26.3 Å². The van der Waals surface area contributed by atoms with Gasteiger partial charge in [-0.15, -0.1) is 0 Å². The van der Waals surface area contributed by atoms with E-state index in [2.05, 4.69) is 25.5 Å². The van der Waals surface area contributed by atoms with E-state index < -0.39 is 0 Å². The van der Waals surface area contributed by atoms with E-state index in [0.717, 1.165) is 12.8 Å². The van der Waals surface area contributed by atoms with E-state index in [9.17, 15) is 4.79 Å². The van der Waals surface area contributed by atoms with Gasteiger partial charge in [0.25, 0.3) is 0 Å². The fourth-order valence-corrected chi connectivity index (χ4v) is 1.22. The van der Waals surface area contributed by atoms with Gasteiger partial charge in [-0.1, -0.05) is 40.0 Å². The summed E-state index contributed by atoms with van der Waals surface area (Å²) in [7, 11) is 0. The molecule has 77 valence electrons. The first-order valence-corrected chi connectivity index (χ1v) is 5.05. The molecule has 0 aliphatic heterocycles. The summed E-state index contributed by atoms with van der Waals surface area (Å²) in [6.07, 6.45) is 5.90. The molecule has 0 fully saturated rings. The second-order valence-corrected chi connectivity index (χ2v) is 4.66. The summed E-state index contributed by atoms with van der Waals surface area (Å²) in [6, 6.07) is 0. The molecule has 2 heteroatoms. The van der Waals surface area contributed by atoms with Gasteiger partial charge in [0.05, 0.1) is 6.61 Å². The minimum atomic E-state index is 0.451. The minimum Gasteiger partial charge on any atom is -0.457 e. The lowest BCUT2D eigenvalue weighted by atomic mass is 9.89. The lowest BCUT2D eigenvalue weighted by molar-refractivity contribution is 0.267. The number of ether oxygens (including phenoxy) is 1. The number of rotatable bonds is 7. The Hall–Kier alpha value is -0.530. The molecule has 0 saturated carbocycles. The fourth-order valence-electron chi connectivity index (χ4n) is 1.22. The molecule has 0 saturated heterocycles. The number of hydrogen-bond acceptors (Lipinski definition) is 2. The molecular formula is C11H21O2. The molecule has 0 spiro atoms. The fraction of sp³-hybridized carbons (Fsp3) is 0.909. The van der Waals surface area contributed by atoms with Gasteiger partial charge in [0.2, 0.25) is 0 Å². The highest BCUT2D eigenvalue weighted by atomic mass is 16.5. The van der Waals surface area contributed by atoms with Gasteiger partial charge in [-0.05, 0) is 18.3 Å². The average molecular weight is 185 g/mol. The van der Waals surface area contributed by atoms with E-state index in [4.69, 9.17) is 0 Å². The zero-order valence-electron chi connectivity index (χ0n) is 9.06. The normalized spacial score (nSPS) is 11.3. The Balaban J connectivity index is 3.04. The van der Waals surface area contributed by atoms with Crippen LogP contribution in [0.25, 0.3) is 0 Å². The van der Waals surface area contributed by atoms with Crippen LogP contribution < -0.4 is 0 Å². The molecule has 0 atom stereocenters. The predicted octanol–water partition coefficient (Wildman–Crippen LogP) is 3.07. The molecule has 0 aromatic carbocycles. The predicted molar refractivity (Wildman–Crippen MR) is 54.2 cm³/mol. The maximum absolute atomic E-state index is 9.68. The van der Waals surface area contributed by atoms with Crippen LogP contribution in [0.4, 0.5) is 0 Å². The Morgan fingerprint density at radius 1 is 1.08 bits per heavy atom. The summed E-state index contributed by atoms with van der Waals surface area (Å²) in [6.45, 7) is 8.74. The van der Waals surface area contributed by atoms with Gasteiger partial charge >= 0.3 is 6.47 Å². The van der Waals surface area contributed by atoms with Gasteiger partial charge in [0.15, 0.2) is 0 Å². The van der Waals surface area contributed by atoms with Crippen molar-refractivity contribution in [2.24, 2.45) is 5.41 Å². The van der Waals surface area contributed by atoms with E-state index in [-0.39, 0.29) is 0 Å². The number of unbranched alkanes of at least 4 members (excludes halogenated alkanes) is 3. The van der Waals surface area contributed by atoms with Crippen molar-refractivity contribution < 1.29 is 9.53 Å². The smallest absolute Gasteiger partial charge is 0.417 e. The van der Waals surface area contributed by atoms with Crippen molar-refractivity contribution in [3.63, 3.8) is 0 Å². The average Bonchev–Trinajstić information content (AvgIpc) is 2.01. The van der Waals surface area contributed by atoms with Crippen molar-refractivity contribution in [2.45, 2.75) is 52.9 Å². The summed E-state index contributed by atoms with van der Waals surface area (Å²) < 4.78 is 4.48. The molecule has 0 heterocycles. The standard InChI is InChI=1S/C11H21O2/c1-11(2,3)8-6-4-5-7-9-13-10-12/h4-9H2,1-3H3. The molecule has 0 aromatic heterocycles. The van der Waals surface area contributed by atoms with E-state index in [1.807, 2.05) is 0 Å². The first-order valence-electron chi connectivity index (χ1n) is 5.05. The monoisotopic (exact) mass is 185 g/mol. The second kappa shape index (κ2) is 6.93. The summed E-state index contributed by atoms with van der Waals surface area (Å²) in [5.41, 5.74) is 0.451. The zero-order valence-corrected chi connectivity index (χ0v) is 9.06. The van der Waals surface area contributed by atoms with E-state index in [1.54, 1.807) is 0 Å². The van der Waals surface area contributed by atoms with Crippen LogP contribution in [0.2, 0.25) is 0 Å². The van der Waals surface area contributed by atoms with Crippen molar-refractivity contribution in [3.05, 3.63) is 0 Å². The minimum absolute atomic E-state index is 0.451. The Bertz CT molecular complexity index is 125. The summed E-state index contributed by atoms with van der Waals surface area (Å²) in [4.78, 5) is 9.68. The third-order valence-electron chi connectivity index (χ3n) is 1.98. The second-order valence-electron chi connectivity index (χ2n) is 4.66. The number of hydrogen-bond donors (Lipinski definition) is 0. The third-order valence-corrected chi connectivity index (χ3v) is 1.98. The summed E-state index contributed by atoms with van der Waals surface area (Å²) in [5, 5.41) is 0. The quantitative estimate of drug-likeness (QED) is 0.570. The van der Waals surface area contributed by atoms with Gasteiger partial charge in [-0.2, -0.15) is 0 Å². The van der Waals surface area contributed by atoms with Crippen molar-refractivity contribution in [1.82, 2.24) is 0 Å². The van der Waals surface area contributed by atoms with Crippen molar-refractivity contribution >= 4 is 6.47 Å². The third kappa shape index (κ3) is 11.5. The molecule has 0 aromatic rings. The Morgan fingerprint density at radius 3 is 2.23 bits per heavy atom. The van der Waals surface area contributed by atoms with Crippen LogP contribution in [-0.2, 0) is 9.53 Å². The maximum Gasteiger partial charge on any atom is 0.417 e. The van der Waals surface area contributed by atoms with Crippen LogP contribution in [0.1, 0.15) is 52.9 Å². The highest BCUT2D eigenvalue weighted by molar-refractivity contribution is 5.37. The largest absolute Gasteiger partial charge is 0.457 e. The highest BCUT2D eigenvalue weighted by Crippen LogP contribution is 2.22. The van der Waals surface area contributed by atoms with Gasteiger partial charge < -0.3 is 4.74 Å². The Labute approximate surface area is 81.7 Å². The van der Waals surface area contributed by atoms with Crippen molar-refractivity contribution in [3.8, 4) is 0 Å². The molecular weight excluding hydrogens is 164 g/mol. The van der Waals surface area contributed by atoms with Crippen LogP contribution in [0.15, 0.2) is 0 Å². The Morgan fingerprint density at radius 2 is 1.69 bits per heavy atom. The molecule has 1 radical (unpaired) electrons. The summed E-state index contributed by atoms with van der Waals surface area (Å²) in [5.74, 6) is 0. The molecule has 2 nitrogen and oxygen atoms in total. The van der Waals surface area contributed by atoms with Crippen LogP contribution >= 0.6 is 0 Å². The zero-order chi connectivity index (χ0) is 10.2. The van der Waals surface area contributed by atoms with E-state index in [1.165, 1.54) is 25.7 Å². The molecule has 0 N–H and O–H groups in total. The van der Waals surface area contributed by atoms with Crippen LogP contribution in [-0.4, -0.2) is 13.1 Å². The SMILES string of the molecule is CC(C)(C)CCCCCCO[C]=O. The molecule has 0 bridgehead atoms. The Kier molecular flexibility index (Phi) is 6.65. The van der Waals surface area contributed by atoms with Crippen molar-refractivity contribution in [1.29, 1.82) is 0 Å². The molecule has 0 aliphatic carbocycles. The van der Waals surface area contributed by atoms with E-state index >= 15 is 0 Å². The van der Waals surface area contributed by atoms with Crippen LogP contribution in [0.3, 0.4) is 0 Å². The molecule has 0 rings (SSSR count). The van der Waals surface area contributed by atoms with Gasteiger partial charge in [-0.25, -0.2) is 4.79 Å². The van der Waals surface area contributed by atoms with E-state index in [0.29, 0.717) is 12.0 Å². The first kappa shape index (κ1) is 12.5. The lowest BCUT2D eigenvalue weighted by Crippen LogP contribution is -2.04. The highest BCUT2D eigenvalue weighted by Gasteiger charge is 2.08. The molecule has 0 aliphatic rings. The molecule has 0 amide bonds. The first-order chi connectivity index (χ1) is 6.06. The molecule has 13 heavy (non-hydrogen) atoms. The summed E-state index contributed by atoms with van der Waals surface area (Å²) >= 11 is 0.